The molecule has 0 unspecified atom stereocenters. The molecule has 0 aliphatic carbocycles. The number of nitrogens with zero attached hydrogens (tertiary/aromatic N) is 2. The van der Waals surface area contributed by atoms with Gasteiger partial charge in [-0.25, -0.2) is 4.79 Å². The molecular weight excluding hydrogens is 446 g/mol. The number of rotatable bonds is 4. The summed E-state index contributed by atoms with van der Waals surface area (Å²) in [5.41, 5.74) is 1.98. The van der Waals surface area contributed by atoms with Crippen LogP contribution in [-0.2, 0) is 27.3 Å². The summed E-state index contributed by atoms with van der Waals surface area (Å²) in [4.78, 5) is 43.2. The lowest BCUT2D eigenvalue weighted by atomic mass is 9.93. The van der Waals surface area contributed by atoms with Crippen molar-refractivity contribution in [2.24, 2.45) is 0 Å². The van der Waals surface area contributed by atoms with E-state index in [9.17, 15) is 14.4 Å². The van der Waals surface area contributed by atoms with Crippen LogP contribution in [0.15, 0.2) is 48.5 Å². The highest BCUT2D eigenvalue weighted by Gasteiger charge is 2.43. The minimum atomic E-state index is -0.728. The molecule has 2 aliphatic heterocycles. The number of nitrogens with one attached hydrogen (secondary N) is 1. The predicted octanol–water partition coefficient (Wildman–Crippen LogP) is 3.99. The van der Waals surface area contributed by atoms with Gasteiger partial charge in [0.25, 0.3) is 0 Å². The van der Waals surface area contributed by atoms with Crippen molar-refractivity contribution < 1.29 is 23.9 Å². The lowest BCUT2D eigenvalue weighted by Gasteiger charge is -2.39. The van der Waals surface area contributed by atoms with E-state index in [0.29, 0.717) is 30.8 Å². The third-order valence-corrected chi connectivity index (χ3v) is 6.36. The summed E-state index contributed by atoms with van der Waals surface area (Å²) in [7, 11) is 1.58. The monoisotopic (exact) mass is 479 g/mol. The van der Waals surface area contributed by atoms with Crippen molar-refractivity contribution in [2.75, 3.05) is 19.0 Å². The maximum atomic E-state index is 13.8. The average Bonchev–Trinajstić information content (AvgIpc) is 3.32. The summed E-state index contributed by atoms with van der Waals surface area (Å²) in [5, 5.41) is 2.91. The van der Waals surface area contributed by atoms with E-state index in [1.54, 1.807) is 57.0 Å². The molecule has 2 atom stereocenters. The van der Waals surface area contributed by atoms with Gasteiger partial charge in [-0.15, -0.1) is 0 Å². The smallest absolute Gasteiger partial charge is 0.411 e. The minimum Gasteiger partial charge on any atom is -0.497 e. The minimum absolute atomic E-state index is 0.224. The van der Waals surface area contributed by atoms with E-state index >= 15 is 0 Å². The Kier molecular flexibility index (Phi) is 7.00. The first-order valence-corrected chi connectivity index (χ1v) is 12.0. The molecule has 2 heterocycles. The Bertz CT molecular complexity index is 1090. The summed E-state index contributed by atoms with van der Waals surface area (Å²) in [6.45, 7) is 6.18. The van der Waals surface area contributed by atoms with Crippen molar-refractivity contribution in [3.05, 3.63) is 59.7 Å². The fraction of sp³-hybridized carbons (Fsp3) is 0.444. The first kappa shape index (κ1) is 24.6. The highest BCUT2D eigenvalue weighted by atomic mass is 16.6. The lowest BCUT2D eigenvalue weighted by molar-refractivity contribution is -0.141. The Labute approximate surface area is 206 Å². The first-order chi connectivity index (χ1) is 16.7. The van der Waals surface area contributed by atoms with Gasteiger partial charge in [-0.3, -0.25) is 14.5 Å². The Morgan fingerprint density at radius 3 is 2.29 bits per heavy atom. The Balaban J connectivity index is 1.54. The van der Waals surface area contributed by atoms with Gasteiger partial charge in [0.05, 0.1) is 13.7 Å². The van der Waals surface area contributed by atoms with Crippen molar-refractivity contribution in [3.63, 3.8) is 0 Å². The van der Waals surface area contributed by atoms with E-state index in [4.69, 9.17) is 9.47 Å². The van der Waals surface area contributed by atoms with Gasteiger partial charge in [-0.05, 0) is 69.0 Å². The number of fused-ring (bicyclic) bond motifs is 1. The summed E-state index contributed by atoms with van der Waals surface area (Å²) in [5.74, 6) is 0.235. The number of amides is 3. The lowest BCUT2D eigenvalue weighted by Crippen LogP contribution is -2.56. The molecule has 0 spiro atoms. The normalized spacial score (nSPS) is 19.7. The molecule has 3 amide bonds. The molecule has 0 aromatic heterocycles. The molecule has 0 radical (unpaired) electrons. The van der Waals surface area contributed by atoms with Crippen molar-refractivity contribution >= 4 is 23.6 Å². The van der Waals surface area contributed by atoms with Crippen LogP contribution >= 0.6 is 0 Å². The van der Waals surface area contributed by atoms with Crippen LogP contribution in [0.2, 0.25) is 0 Å². The van der Waals surface area contributed by atoms with Crippen LogP contribution in [-0.4, -0.2) is 59.0 Å². The number of anilines is 1. The van der Waals surface area contributed by atoms with E-state index in [1.165, 1.54) is 4.90 Å². The number of likely N-dealkylation sites (tertiary alicyclic amines) is 1. The Morgan fingerprint density at radius 1 is 0.943 bits per heavy atom. The molecule has 8 heteroatoms. The third-order valence-electron chi connectivity index (χ3n) is 6.36. The van der Waals surface area contributed by atoms with Gasteiger partial charge in [0.15, 0.2) is 0 Å². The topological polar surface area (TPSA) is 88.2 Å². The number of hydrogen-bond acceptors (Lipinski definition) is 5. The van der Waals surface area contributed by atoms with E-state index in [2.05, 4.69) is 5.32 Å². The van der Waals surface area contributed by atoms with Gasteiger partial charge in [0.2, 0.25) is 11.8 Å². The molecule has 2 aromatic rings. The quantitative estimate of drug-likeness (QED) is 0.717. The highest BCUT2D eigenvalue weighted by Crippen LogP contribution is 2.29. The molecular formula is C27H33N3O5. The van der Waals surface area contributed by atoms with Crippen LogP contribution in [0.4, 0.5) is 10.5 Å². The second-order valence-corrected chi connectivity index (χ2v) is 10.0. The van der Waals surface area contributed by atoms with Crippen LogP contribution in [0.5, 0.6) is 5.75 Å². The molecule has 2 aromatic carbocycles. The molecule has 1 saturated heterocycles. The van der Waals surface area contributed by atoms with Crippen molar-refractivity contribution in [3.8, 4) is 5.75 Å². The number of hydrogen-bond donors (Lipinski definition) is 1. The van der Waals surface area contributed by atoms with Crippen LogP contribution in [0.3, 0.4) is 0 Å². The Hall–Kier alpha value is -3.55. The second kappa shape index (κ2) is 9.98. The molecule has 2 aliphatic rings. The fourth-order valence-electron chi connectivity index (χ4n) is 4.65. The van der Waals surface area contributed by atoms with Gasteiger partial charge in [-0.2, -0.15) is 0 Å². The zero-order valence-corrected chi connectivity index (χ0v) is 20.7. The standard InChI is InChI=1S/C27H33N3O5/c1-27(2,3)35-26(33)30-17-19-9-6-5-8-18(19)16-23(30)25(32)29-15-7-10-22(29)24(31)28-20-11-13-21(34-4)14-12-20/h5-6,8-9,11-14,22-23H,7,10,15-17H2,1-4H3,(H,28,31)/t22-,23+/m0/s1. The number of methoxy groups -OCH3 is 1. The SMILES string of the molecule is COc1ccc(NC(=O)[C@@H]2CCCN2C(=O)[C@H]2Cc3ccccc3CN2C(=O)OC(C)(C)C)cc1. The number of ether oxygens (including phenoxy) is 2. The summed E-state index contributed by atoms with van der Waals surface area (Å²) < 4.78 is 10.8. The van der Waals surface area contributed by atoms with Gasteiger partial charge < -0.3 is 19.7 Å². The first-order valence-electron chi connectivity index (χ1n) is 12.0. The van der Waals surface area contributed by atoms with Crippen molar-refractivity contribution in [2.45, 2.75) is 64.3 Å². The maximum absolute atomic E-state index is 13.8. The van der Waals surface area contributed by atoms with E-state index in [1.807, 2.05) is 24.3 Å². The zero-order valence-electron chi connectivity index (χ0n) is 20.7. The molecule has 0 bridgehead atoms. The average molecular weight is 480 g/mol. The summed E-state index contributed by atoms with van der Waals surface area (Å²) >= 11 is 0. The van der Waals surface area contributed by atoms with E-state index in [0.717, 1.165) is 17.5 Å². The molecule has 1 N–H and O–H groups in total. The zero-order chi connectivity index (χ0) is 25.2. The predicted molar refractivity (Wildman–Crippen MR) is 132 cm³/mol. The van der Waals surface area contributed by atoms with Gasteiger partial charge in [0, 0.05) is 18.7 Å². The van der Waals surface area contributed by atoms with Gasteiger partial charge in [-0.1, -0.05) is 24.3 Å². The van der Waals surface area contributed by atoms with Crippen molar-refractivity contribution in [1.29, 1.82) is 0 Å². The van der Waals surface area contributed by atoms with Crippen LogP contribution in [0.1, 0.15) is 44.7 Å². The number of carbonyl (C=O) groups excluding carboxylic acids is 3. The molecule has 8 nitrogen and oxygen atoms in total. The maximum Gasteiger partial charge on any atom is 0.411 e. The third kappa shape index (κ3) is 5.58. The molecule has 0 saturated carbocycles. The number of benzene rings is 2. The van der Waals surface area contributed by atoms with Gasteiger partial charge >= 0.3 is 6.09 Å². The molecule has 35 heavy (non-hydrogen) atoms. The van der Waals surface area contributed by atoms with Gasteiger partial charge in [0.1, 0.15) is 23.4 Å². The fourth-order valence-corrected chi connectivity index (χ4v) is 4.65. The summed E-state index contributed by atoms with van der Waals surface area (Å²) in [6.07, 6.45) is 1.16. The largest absolute Gasteiger partial charge is 0.497 e. The Morgan fingerprint density at radius 2 is 1.63 bits per heavy atom. The second-order valence-electron chi connectivity index (χ2n) is 10.0. The summed E-state index contributed by atoms with van der Waals surface area (Å²) in [6, 6.07) is 13.6. The van der Waals surface area contributed by atoms with E-state index in [-0.39, 0.29) is 18.4 Å². The molecule has 4 rings (SSSR count). The molecule has 186 valence electrons. The van der Waals surface area contributed by atoms with Crippen LogP contribution in [0, 0.1) is 0 Å². The van der Waals surface area contributed by atoms with Crippen LogP contribution < -0.4 is 10.1 Å². The number of carbonyl (C=O) groups is 3. The van der Waals surface area contributed by atoms with Crippen molar-refractivity contribution in [1.82, 2.24) is 9.80 Å². The van der Waals surface area contributed by atoms with Crippen LogP contribution in [0.25, 0.3) is 0 Å². The molecule has 1 fully saturated rings. The highest BCUT2D eigenvalue weighted by molar-refractivity contribution is 5.98. The van der Waals surface area contributed by atoms with E-state index < -0.39 is 23.8 Å².